The van der Waals surface area contributed by atoms with E-state index in [0.717, 1.165) is 44.5 Å². The van der Waals surface area contributed by atoms with E-state index in [4.69, 9.17) is 19.8 Å². The van der Waals surface area contributed by atoms with Crippen molar-refractivity contribution in [3.63, 3.8) is 0 Å². The molecular formula is C19H23F6N3O6S. The van der Waals surface area contributed by atoms with Crippen LogP contribution >= 0.6 is 0 Å². The number of pyridine rings is 1. The van der Waals surface area contributed by atoms with Crippen molar-refractivity contribution in [2.45, 2.75) is 61.9 Å². The number of aliphatic carboxylic acids is 2. The van der Waals surface area contributed by atoms with Crippen LogP contribution in [0.1, 0.15) is 31.4 Å². The van der Waals surface area contributed by atoms with E-state index in [1.165, 1.54) is 0 Å². The second-order valence-electron chi connectivity index (χ2n) is 7.96. The molecule has 2 atom stereocenters. The first kappa shape index (κ1) is 28.8. The first-order chi connectivity index (χ1) is 16.0. The van der Waals surface area contributed by atoms with Crippen LogP contribution in [0.3, 0.4) is 0 Å². The highest BCUT2D eigenvalue weighted by molar-refractivity contribution is 7.90. The van der Waals surface area contributed by atoms with Crippen molar-refractivity contribution in [2.24, 2.45) is 0 Å². The lowest BCUT2D eigenvalue weighted by atomic mass is 10.1. The largest absolute Gasteiger partial charge is 0.490 e. The van der Waals surface area contributed by atoms with Gasteiger partial charge in [0.05, 0.1) is 10.9 Å². The van der Waals surface area contributed by atoms with Gasteiger partial charge in [0, 0.05) is 37.9 Å². The second kappa shape index (κ2) is 11.1. The van der Waals surface area contributed by atoms with E-state index >= 15 is 0 Å². The standard InChI is InChI=1S/C15H21N3O2S.2C2HF3O2/c19-21(20,13-4-5-13)18-10-7-14-15(18)6-9-17(14)11-12-3-1-2-8-16-12;2*3-2(4,5)1(6)7/h1-3,8,13-15H,4-7,9-11H2;2*(H,6,7)/t14-,15+;;/m0../s1. The molecule has 16 heteroatoms. The zero-order valence-corrected chi connectivity index (χ0v) is 18.9. The van der Waals surface area contributed by atoms with E-state index < -0.39 is 34.3 Å². The molecule has 1 saturated carbocycles. The molecule has 3 fully saturated rings. The second-order valence-corrected chi connectivity index (χ2v) is 10.1. The number of halogens is 6. The number of likely N-dealkylation sites (tertiary alicyclic amines) is 1. The van der Waals surface area contributed by atoms with Gasteiger partial charge in [-0.25, -0.2) is 18.0 Å². The maximum atomic E-state index is 12.5. The Balaban J connectivity index is 0.000000257. The van der Waals surface area contributed by atoms with Crippen LogP contribution < -0.4 is 0 Å². The summed E-state index contributed by atoms with van der Waals surface area (Å²) in [6.07, 6.45) is -4.71. The van der Waals surface area contributed by atoms with Crippen molar-refractivity contribution in [1.82, 2.24) is 14.2 Å². The molecule has 198 valence electrons. The summed E-state index contributed by atoms with van der Waals surface area (Å²) in [6, 6.07) is 6.55. The van der Waals surface area contributed by atoms with Gasteiger partial charge in [0.25, 0.3) is 0 Å². The Bertz CT molecular complexity index is 961. The Morgan fingerprint density at radius 3 is 1.86 bits per heavy atom. The van der Waals surface area contributed by atoms with Gasteiger partial charge in [0.1, 0.15) is 0 Å². The highest BCUT2D eigenvalue weighted by atomic mass is 32.2. The molecule has 0 spiro atoms. The topological polar surface area (TPSA) is 128 Å². The molecule has 0 radical (unpaired) electrons. The van der Waals surface area contributed by atoms with Crippen molar-refractivity contribution in [3.05, 3.63) is 30.1 Å². The van der Waals surface area contributed by atoms with Crippen LogP contribution in [-0.2, 0) is 26.2 Å². The lowest BCUT2D eigenvalue weighted by molar-refractivity contribution is -0.193. The van der Waals surface area contributed by atoms with Crippen molar-refractivity contribution >= 4 is 22.0 Å². The number of fused-ring (bicyclic) bond motifs is 1. The van der Waals surface area contributed by atoms with Crippen LogP contribution in [-0.4, -0.2) is 87.5 Å². The third kappa shape index (κ3) is 8.03. The van der Waals surface area contributed by atoms with Crippen molar-refractivity contribution in [2.75, 3.05) is 13.1 Å². The van der Waals surface area contributed by atoms with Crippen LogP contribution in [0, 0.1) is 0 Å². The molecule has 2 aliphatic heterocycles. The van der Waals surface area contributed by atoms with Gasteiger partial charge < -0.3 is 10.2 Å². The summed E-state index contributed by atoms with van der Waals surface area (Å²) in [4.78, 5) is 24.6. The number of sulfonamides is 1. The van der Waals surface area contributed by atoms with Gasteiger partial charge in [-0.2, -0.15) is 30.6 Å². The van der Waals surface area contributed by atoms with Gasteiger partial charge in [-0.3, -0.25) is 9.88 Å². The Morgan fingerprint density at radius 1 is 0.914 bits per heavy atom. The first-order valence-electron chi connectivity index (χ1n) is 10.3. The fourth-order valence-electron chi connectivity index (χ4n) is 3.81. The number of rotatable bonds is 4. The number of carboxylic acids is 2. The van der Waals surface area contributed by atoms with E-state index in [1.54, 1.807) is 0 Å². The Labute approximate surface area is 196 Å². The number of hydrogen-bond donors (Lipinski definition) is 2. The number of nitrogens with zero attached hydrogens (tertiary/aromatic N) is 3. The van der Waals surface area contributed by atoms with E-state index in [0.29, 0.717) is 12.6 Å². The monoisotopic (exact) mass is 535 g/mol. The molecule has 4 rings (SSSR count). The minimum atomic E-state index is -5.08. The molecule has 2 N–H and O–H groups in total. The van der Waals surface area contributed by atoms with Crippen molar-refractivity contribution in [3.8, 4) is 0 Å². The zero-order chi connectivity index (χ0) is 26.6. The molecule has 0 bridgehead atoms. The quantitative estimate of drug-likeness (QED) is 0.563. The van der Waals surface area contributed by atoms with Gasteiger partial charge in [-0.15, -0.1) is 0 Å². The van der Waals surface area contributed by atoms with Gasteiger partial charge in [-0.05, 0) is 37.8 Å². The molecule has 3 heterocycles. The Hall–Kier alpha value is -2.46. The number of aromatic nitrogens is 1. The summed E-state index contributed by atoms with van der Waals surface area (Å²) in [5.74, 6) is -5.51. The lowest BCUT2D eigenvalue weighted by Crippen LogP contribution is -2.41. The predicted octanol–water partition coefficient (Wildman–Crippen LogP) is 2.49. The van der Waals surface area contributed by atoms with E-state index in [2.05, 4.69) is 9.88 Å². The smallest absolute Gasteiger partial charge is 0.475 e. The SMILES string of the molecule is O=C(O)C(F)(F)F.O=C(O)C(F)(F)F.O=S(=O)(C1CC1)N1CC[C@H]2[C@H]1CCN2Cc1ccccn1. The molecule has 9 nitrogen and oxygen atoms in total. The van der Waals surface area contributed by atoms with Crippen LogP contribution in [0.5, 0.6) is 0 Å². The fourth-order valence-corrected chi connectivity index (χ4v) is 5.90. The number of carbonyl (C=O) groups is 2. The fraction of sp³-hybridized carbons (Fsp3) is 0.632. The minimum absolute atomic E-state index is 0.0823. The molecule has 1 aliphatic carbocycles. The average molecular weight is 535 g/mol. The van der Waals surface area contributed by atoms with Crippen molar-refractivity contribution < 1.29 is 54.6 Å². The molecule has 2 saturated heterocycles. The average Bonchev–Trinajstić information content (AvgIpc) is 3.41. The summed E-state index contributed by atoms with van der Waals surface area (Å²) in [6.45, 7) is 2.51. The normalized spacial score (nSPS) is 22.9. The predicted molar refractivity (Wildman–Crippen MR) is 107 cm³/mol. The maximum absolute atomic E-state index is 12.5. The van der Waals surface area contributed by atoms with E-state index in [9.17, 15) is 34.8 Å². The molecule has 1 aromatic rings. The summed E-state index contributed by atoms with van der Waals surface area (Å²) in [7, 11) is -3.02. The lowest BCUT2D eigenvalue weighted by Gasteiger charge is -2.25. The summed E-state index contributed by atoms with van der Waals surface area (Å²) in [5.41, 5.74) is 1.07. The molecule has 35 heavy (non-hydrogen) atoms. The summed E-state index contributed by atoms with van der Waals surface area (Å²) >= 11 is 0. The number of hydrogen-bond acceptors (Lipinski definition) is 6. The molecular weight excluding hydrogens is 512 g/mol. The third-order valence-electron chi connectivity index (χ3n) is 5.49. The highest BCUT2D eigenvalue weighted by Gasteiger charge is 2.51. The molecule has 0 unspecified atom stereocenters. The molecule has 0 amide bonds. The van der Waals surface area contributed by atoms with E-state index in [1.807, 2.05) is 28.7 Å². The summed E-state index contributed by atoms with van der Waals surface area (Å²) < 4.78 is 90.3. The summed E-state index contributed by atoms with van der Waals surface area (Å²) in [5, 5.41) is 14.2. The molecule has 3 aliphatic rings. The van der Waals surface area contributed by atoms with Crippen LogP contribution in [0.15, 0.2) is 24.4 Å². The zero-order valence-electron chi connectivity index (χ0n) is 18.0. The van der Waals surface area contributed by atoms with Crippen LogP contribution in [0.25, 0.3) is 0 Å². The van der Waals surface area contributed by atoms with Gasteiger partial charge in [0.15, 0.2) is 0 Å². The molecule has 0 aromatic carbocycles. The Morgan fingerprint density at radius 2 is 1.43 bits per heavy atom. The van der Waals surface area contributed by atoms with Crippen molar-refractivity contribution in [1.29, 1.82) is 0 Å². The van der Waals surface area contributed by atoms with Crippen LogP contribution in [0.2, 0.25) is 0 Å². The van der Waals surface area contributed by atoms with Gasteiger partial charge in [-0.1, -0.05) is 6.07 Å². The first-order valence-corrected chi connectivity index (χ1v) is 11.8. The third-order valence-corrected chi connectivity index (χ3v) is 7.91. The van der Waals surface area contributed by atoms with E-state index in [-0.39, 0.29) is 11.3 Å². The van der Waals surface area contributed by atoms with Crippen LogP contribution in [0.4, 0.5) is 26.3 Å². The minimum Gasteiger partial charge on any atom is -0.475 e. The maximum Gasteiger partial charge on any atom is 0.490 e. The molecule has 1 aromatic heterocycles. The van der Waals surface area contributed by atoms with Gasteiger partial charge in [0.2, 0.25) is 10.0 Å². The number of alkyl halides is 6. The highest BCUT2D eigenvalue weighted by Crippen LogP contribution is 2.39. The Kier molecular flexibility index (Phi) is 9.10. The number of carboxylic acid groups (broad SMARTS) is 2. The van der Waals surface area contributed by atoms with Gasteiger partial charge >= 0.3 is 24.3 Å².